The summed E-state index contributed by atoms with van der Waals surface area (Å²) >= 11 is 0. The van der Waals surface area contributed by atoms with Gasteiger partial charge in [-0.2, -0.15) is 13.2 Å². The second kappa shape index (κ2) is 6.01. The van der Waals surface area contributed by atoms with E-state index in [4.69, 9.17) is 4.74 Å². The molecule has 0 amide bonds. The summed E-state index contributed by atoms with van der Waals surface area (Å²) in [5.74, 6) is -0.787. The van der Waals surface area contributed by atoms with Crippen molar-refractivity contribution in [2.45, 2.75) is 13.1 Å². The fourth-order valence-electron chi connectivity index (χ4n) is 1.84. The fourth-order valence-corrected chi connectivity index (χ4v) is 1.84. The molecule has 0 bridgehead atoms. The van der Waals surface area contributed by atoms with Crippen molar-refractivity contribution in [1.82, 2.24) is 0 Å². The van der Waals surface area contributed by atoms with Crippen molar-refractivity contribution in [3.63, 3.8) is 0 Å². The number of esters is 1. The average Bonchev–Trinajstić information content (AvgIpc) is 2.46. The lowest BCUT2D eigenvalue weighted by molar-refractivity contribution is -0.137. The highest BCUT2D eigenvalue weighted by atomic mass is 19.4. The largest absolute Gasteiger partial charge is 0.427 e. The molecule has 0 heterocycles. The molecule has 0 saturated carbocycles. The molecule has 2 aromatic carbocycles. The molecule has 3 nitrogen and oxygen atoms in total. The predicted molar refractivity (Wildman–Crippen MR) is 72.6 cm³/mol. The fraction of sp³-hybridized carbons (Fsp3) is 0.125. The maximum atomic E-state index is 12.6. The summed E-state index contributed by atoms with van der Waals surface area (Å²) in [5.41, 5.74) is -0.736. The van der Waals surface area contributed by atoms with Crippen LogP contribution < -0.4 is 4.74 Å². The number of alkyl halides is 3. The van der Waals surface area contributed by atoms with Crippen LogP contribution in [0.4, 0.5) is 13.2 Å². The zero-order valence-electron chi connectivity index (χ0n) is 11.5. The summed E-state index contributed by atoms with van der Waals surface area (Å²) in [6.07, 6.45) is -4.50. The molecule has 0 unspecified atom stereocenters. The maximum Gasteiger partial charge on any atom is 0.416 e. The predicted octanol–water partition coefficient (Wildman–Crippen LogP) is 3.86. The van der Waals surface area contributed by atoms with Crippen LogP contribution in [-0.2, 0) is 11.0 Å². The minimum atomic E-state index is -4.50. The first-order valence-electron chi connectivity index (χ1n) is 6.28. The molecular formula is C16H11F3O3. The van der Waals surface area contributed by atoms with Crippen molar-refractivity contribution >= 4 is 11.8 Å². The van der Waals surface area contributed by atoms with E-state index in [0.29, 0.717) is 0 Å². The number of ketones is 1. The minimum absolute atomic E-state index is 0.0601. The van der Waals surface area contributed by atoms with Gasteiger partial charge in [0.1, 0.15) is 5.75 Å². The summed E-state index contributed by atoms with van der Waals surface area (Å²) in [4.78, 5) is 23.0. The zero-order valence-corrected chi connectivity index (χ0v) is 11.5. The molecule has 0 aliphatic rings. The molecule has 0 saturated heterocycles. The molecule has 0 fully saturated rings. The smallest absolute Gasteiger partial charge is 0.416 e. The molecule has 0 aliphatic heterocycles. The first-order valence-corrected chi connectivity index (χ1v) is 6.28. The topological polar surface area (TPSA) is 43.4 Å². The minimum Gasteiger partial charge on any atom is -0.427 e. The van der Waals surface area contributed by atoms with Crippen molar-refractivity contribution in [1.29, 1.82) is 0 Å². The standard InChI is InChI=1S/C16H11F3O3/c1-10(20)22-14-7-5-11(6-8-14)15(21)12-3-2-4-13(9-12)16(17,18)19/h2-9H,1H3. The molecule has 0 N–H and O–H groups in total. The summed E-state index contributed by atoms with van der Waals surface area (Å²) in [5, 5.41) is 0. The third-order valence-corrected chi connectivity index (χ3v) is 2.83. The maximum absolute atomic E-state index is 12.6. The van der Waals surface area contributed by atoms with Crippen molar-refractivity contribution in [2.24, 2.45) is 0 Å². The molecular weight excluding hydrogens is 297 g/mol. The van der Waals surface area contributed by atoms with Gasteiger partial charge in [0.25, 0.3) is 0 Å². The number of carbonyl (C=O) groups is 2. The summed E-state index contributed by atoms with van der Waals surface area (Å²) < 4.78 is 42.8. The molecule has 0 aliphatic carbocycles. The van der Waals surface area contributed by atoms with Crippen LogP contribution in [0.3, 0.4) is 0 Å². The van der Waals surface area contributed by atoms with Gasteiger partial charge in [0.2, 0.25) is 0 Å². The number of hydrogen-bond donors (Lipinski definition) is 0. The van der Waals surface area contributed by atoms with E-state index in [-0.39, 0.29) is 16.9 Å². The molecule has 0 radical (unpaired) electrons. The van der Waals surface area contributed by atoms with Crippen molar-refractivity contribution in [3.8, 4) is 5.75 Å². The second-order valence-electron chi connectivity index (χ2n) is 4.53. The number of hydrogen-bond acceptors (Lipinski definition) is 3. The van der Waals surface area contributed by atoms with E-state index in [0.717, 1.165) is 12.1 Å². The van der Waals surface area contributed by atoms with Crippen LogP contribution in [0.15, 0.2) is 48.5 Å². The lowest BCUT2D eigenvalue weighted by Gasteiger charge is -2.08. The quantitative estimate of drug-likeness (QED) is 0.491. The average molecular weight is 308 g/mol. The van der Waals surface area contributed by atoms with Gasteiger partial charge in [0, 0.05) is 18.1 Å². The highest BCUT2D eigenvalue weighted by molar-refractivity contribution is 6.09. The summed E-state index contributed by atoms with van der Waals surface area (Å²) in [6.45, 7) is 1.24. The Morgan fingerprint density at radius 2 is 1.59 bits per heavy atom. The lowest BCUT2D eigenvalue weighted by Crippen LogP contribution is -2.08. The van der Waals surface area contributed by atoms with Crippen molar-refractivity contribution < 1.29 is 27.5 Å². The Hall–Kier alpha value is -2.63. The van der Waals surface area contributed by atoms with E-state index in [9.17, 15) is 22.8 Å². The van der Waals surface area contributed by atoms with Gasteiger partial charge >= 0.3 is 12.1 Å². The Kier molecular flexibility index (Phi) is 4.30. The summed E-state index contributed by atoms with van der Waals surface area (Å²) in [7, 11) is 0. The van der Waals surface area contributed by atoms with Gasteiger partial charge < -0.3 is 4.74 Å². The van der Waals surface area contributed by atoms with Gasteiger partial charge in [-0.25, -0.2) is 0 Å². The van der Waals surface area contributed by atoms with E-state index >= 15 is 0 Å². The SMILES string of the molecule is CC(=O)Oc1ccc(C(=O)c2cccc(C(F)(F)F)c2)cc1. The molecule has 6 heteroatoms. The summed E-state index contributed by atoms with van der Waals surface area (Å²) in [6, 6.07) is 9.80. The van der Waals surface area contributed by atoms with Gasteiger partial charge in [-0.15, -0.1) is 0 Å². The monoisotopic (exact) mass is 308 g/mol. The molecule has 22 heavy (non-hydrogen) atoms. The van der Waals surface area contributed by atoms with E-state index in [1.54, 1.807) is 0 Å². The van der Waals surface area contributed by atoms with Crippen LogP contribution in [0.2, 0.25) is 0 Å². The molecule has 114 valence electrons. The van der Waals surface area contributed by atoms with Crippen molar-refractivity contribution in [3.05, 3.63) is 65.2 Å². The Bertz CT molecular complexity index is 703. The van der Waals surface area contributed by atoms with Crippen LogP contribution in [0, 0.1) is 0 Å². The Morgan fingerprint density at radius 3 is 2.14 bits per heavy atom. The third-order valence-electron chi connectivity index (χ3n) is 2.83. The number of rotatable bonds is 3. The number of carbonyl (C=O) groups excluding carboxylic acids is 2. The number of benzene rings is 2. The van der Waals surface area contributed by atoms with Crippen LogP contribution in [0.1, 0.15) is 28.4 Å². The number of ether oxygens (including phenoxy) is 1. The third kappa shape index (κ3) is 3.72. The van der Waals surface area contributed by atoms with Gasteiger partial charge in [-0.3, -0.25) is 9.59 Å². The van der Waals surface area contributed by atoms with Gasteiger partial charge in [-0.1, -0.05) is 12.1 Å². The van der Waals surface area contributed by atoms with Crippen LogP contribution in [0.25, 0.3) is 0 Å². The highest BCUT2D eigenvalue weighted by Crippen LogP contribution is 2.30. The molecule has 0 atom stereocenters. The molecule has 2 rings (SSSR count). The molecule has 0 aromatic heterocycles. The Balaban J connectivity index is 2.26. The number of halogens is 3. The zero-order chi connectivity index (χ0) is 16.3. The van der Waals surface area contributed by atoms with Crippen LogP contribution >= 0.6 is 0 Å². The first kappa shape index (κ1) is 15.8. The van der Waals surface area contributed by atoms with Gasteiger partial charge in [-0.05, 0) is 36.4 Å². The molecule has 0 spiro atoms. The van der Waals surface area contributed by atoms with E-state index in [2.05, 4.69) is 0 Å². The molecule has 2 aromatic rings. The van der Waals surface area contributed by atoms with Gasteiger partial charge in [0.15, 0.2) is 5.78 Å². The van der Waals surface area contributed by atoms with E-state index in [1.807, 2.05) is 0 Å². The van der Waals surface area contributed by atoms with Crippen molar-refractivity contribution in [2.75, 3.05) is 0 Å². The van der Waals surface area contributed by atoms with E-state index < -0.39 is 23.5 Å². The van der Waals surface area contributed by atoms with Crippen LogP contribution in [-0.4, -0.2) is 11.8 Å². The lowest BCUT2D eigenvalue weighted by atomic mass is 10.0. The second-order valence-corrected chi connectivity index (χ2v) is 4.53. The first-order chi connectivity index (χ1) is 10.3. The normalized spacial score (nSPS) is 11.1. The van der Waals surface area contributed by atoms with E-state index in [1.165, 1.54) is 43.3 Å². The Labute approximate surface area is 124 Å². The van der Waals surface area contributed by atoms with Crippen LogP contribution in [0.5, 0.6) is 5.75 Å². The Morgan fingerprint density at radius 1 is 0.955 bits per heavy atom. The van der Waals surface area contributed by atoms with Gasteiger partial charge in [0.05, 0.1) is 5.56 Å². The highest BCUT2D eigenvalue weighted by Gasteiger charge is 2.30.